The van der Waals surface area contributed by atoms with Crippen LogP contribution in [-0.2, 0) is 13.0 Å². The standard InChI is InChI=1S/C16H15N3O/c1-20-15-4-3-13-6-7-19(11-14(13)8-15)16-5-2-12(9-17)10-18-16/h2-5,8,10H,6-7,11H2,1H3. The van der Waals surface area contributed by atoms with Crippen LogP contribution in [0.3, 0.4) is 0 Å². The van der Waals surface area contributed by atoms with Crippen molar-refractivity contribution in [2.45, 2.75) is 13.0 Å². The predicted octanol–water partition coefficient (Wildman–Crippen LogP) is 2.52. The van der Waals surface area contributed by atoms with Crippen molar-refractivity contribution in [2.24, 2.45) is 0 Å². The second kappa shape index (κ2) is 5.22. The Morgan fingerprint density at radius 2 is 2.15 bits per heavy atom. The molecule has 20 heavy (non-hydrogen) atoms. The van der Waals surface area contributed by atoms with Crippen molar-refractivity contribution < 1.29 is 4.74 Å². The predicted molar refractivity (Wildman–Crippen MR) is 76.7 cm³/mol. The molecule has 0 unspecified atom stereocenters. The molecule has 3 rings (SSSR count). The Bertz CT molecular complexity index is 658. The molecule has 0 aliphatic carbocycles. The molecule has 2 heterocycles. The van der Waals surface area contributed by atoms with Crippen molar-refractivity contribution in [3.8, 4) is 11.8 Å². The van der Waals surface area contributed by atoms with E-state index in [1.165, 1.54) is 11.1 Å². The number of ether oxygens (including phenoxy) is 1. The summed E-state index contributed by atoms with van der Waals surface area (Å²) >= 11 is 0. The Labute approximate surface area is 118 Å². The Hall–Kier alpha value is -2.54. The number of nitrogens with zero attached hydrogens (tertiary/aromatic N) is 3. The lowest BCUT2D eigenvalue weighted by atomic mass is 9.99. The molecule has 1 aliphatic rings. The molecule has 0 spiro atoms. The van der Waals surface area contributed by atoms with E-state index in [-0.39, 0.29) is 0 Å². The van der Waals surface area contributed by atoms with E-state index in [1.54, 1.807) is 13.3 Å². The van der Waals surface area contributed by atoms with Crippen LogP contribution in [0.4, 0.5) is 5.82 Å². The van der Waals surface area contributed by atoms with Crippen molar-refractivity contribution in [1.29, 1.82) is 5.26 Å². The summed E-state index contributed by atoms with van der Waals surface area (Å²) in [5.41, 5.74) is 3.24. The number of hydrogen-bond donors (Lipinski definition) is 0. The molecule has 0 atom stereocenters. The topological polar surface area (TPSA) is 49.1 Å². The van der Waals surface area contributed by atoms with Gasteiger partial charge in [-0.1, -0.05) is 6.07 Å². The van der Waals surface area contributed by atoms with Gasteiger partial charge in [-0.25, -0.2) is 4.98 Å². The Balaban J connectivity index is 1.85. The first-order valence-corrected chi connectivity index (χ1v) is 6.57. The average molecular weight is 265 g/mol. The third-order valence-electron chi connectivity index (χ3n) is 3.63. The molecular weight excluding hydrogens is 250 g/mol. The Morgan fingerprint density at radius 3 is 2.85 bits per heavy atom. The van der Waals surface area contributed by atoms with Crippen molar-refractivity contribution in [2.75, 3.05) is 18.6 Å². The fraction of sp³-hybridized carbons (Fsp3) is 0.250. The maximum atomic E-state index is 8.81. The monoisotopic (exact) mass is 265 g/mol. The summed E-state index contributed by atoms with van der Waals surface area (Å²) in [6, 6.07) is 12.0. The van der Waals surface area contributed by atoms with Crippen LogP contribution < -0.4 is 9.64 Å². The van der Waals surface area contributed by atoms with Gasteiger partial charge in [-0.05, 0) is 41.8 Å². The van der Waals surface area contributed by atoms with Gasteiger partial charge < -0.3 is 9.64 Å². The molecular formula is C16H15N3O. The van der Waals surface area contributed by atoms with E-state index in [9.17, 15) is 0 Å². The van der Waals surface area contributed by atoms with Gasteiger partial charge in [-0.3, -0.25) is 0 Å². The largest absolute Gasteiger partial charge is 0.497 e. The Morgan fingerprint density at radius 1 is 1.25 bits per heavy atom. The molecule has 0 N–H and O–H groups in total. The van der Waals surface area contributed by atoms with Gasteiger partial charge in [0.05, 0.1) is 12.7 Å². The zero-order valence-corrected chi connectivity index (χ0v) is 11.3. The molecule has 0 radical (unpaired) electrons. The quantitative estimate of drug-likeness (QED) is 0.837. The summed E-state index contributed by atoms with van der Waals surface area (Å²) in [6.45, 7) is 1.77. The van der Waals surface area contributed by atoms with Gasteiger partial charge in [0.1, 0.15) is 17.6 Å². The van der Waals surface area contributed by atoms with Gasteiger partial charge in [0, 0.05) is 19.3 Å². The highest BCUT2D eigenvalue weighted by Crippen LogP contribution is 2.26. The molecule has 0 bridgehead atoms. The summed E-state index contributed by atoms with van der Waals surface area (Å²) in [6.07, 6.45) is 2.62. The number of benzene rings is 1. The van der Waals surface area contributed by atoms with Crippen LogP contribution in [0.2, 0.25) is 0 Å². The van der Waals surface area contributed by atoms with Crippen LogP contribution in [0.25, 0.3) is 0 Å². The first-order valence-electron chi connectivity index (χ1n) is 6.57. The van der Waals surface area contributed by atoms with E-state index in [4.69, 9.17) is 10.00 Å². The highest BCUT2D eigenvalue weighted by molar-refractivity contribution is 5.47. The number of fused-ring (bicyclic) bond motifs is 1. The fourth-order valence-electron chi connectivity index (χ4n) is 2.50. The molecule has 0 saturated carbocycles. The van der Waals surface area contributed by atoms with Crippen molar-refractivity contribution in [3.05, 3.63) is 53.2 Å². The smallest absolute Gasteiger partial charge is 0.128 e. The molecule has 4 nitrogen and oxygen atoms in total. The Kier molecular flexibility index (Phi) is 3.26. The number of aromatic nitrogens is 1. The van der Waals surface area contributed by atoms with Crippen LogP contribution in [0, 0.1) is 11.3 Å². The van der Waals surface area contributed by atoms with Gasteiger partial charge in [0.2, 0.25) is 0 Å². The lowest BCUT2D eigenvalue weighted by Crippen LogP contribution is -2.30. The van der Waals surface area contributed by atoms with Gasteiger partial charge >= 0.3 is 0 Å². The van der Waals surface area contributed by atoms with Crippen molar-refractivity contribution in [3.63, 3.8) is 0 Å². The van der Waals surface area contributed by atoms with Crippen LogP contribution in [0.15, 0.2) is 36.5 Å². The SMILES string of the molecule is COc1ccc2c(c1)CN(c1ccc(C#N)cn1)CC2. The summed E-state index contributed by atoms with van der Waals surface area (Å²) in [4.78, 5) is 6.59. The maximum absolute atomic E-state index is 8.81. The van der Waals surface area contributed by atoms with Crippen LogP contribution in [0.1, 0.15) is 16.7 Å². The maximum Gasteiger partial charge on any atom is 0.128 e. The molecule has 1 aromatic carbocycles. The van der Waals surface area contributed by atoms with E-state index < -0.39 is 0 Å². The van der Waals surface area contributed by atoms with Crippen LogP contribution in [-0.4, -0.2) is 18.6 Å². The number of methoxy groups -OCH3 is 1. The number of anilines is 1. The first-order chi connectivity index (χ1) is 9.80. The fourth-order valence-corrected chi connectivity index (χ4v) is 2.50. The summed E-state index contributed by atoms with van der Waals surface area (Å²) in [7, 11) is 1.69. The average Bonchev–Trinajstić information content (AvgIpc) is 2.54. The summed E-state index contributed by atoms with van der Waals surface area (Å²) in [5.74, 6) is 1.80. The summed E-state index contributed by atoms with van der Waals surface area (Å²) in [5, 5.41) is 8.81. The zero-order chi connectivity index (χ0) is 13.9. The minimum Gasteiger partial charge on any atom is -0.497 e. The number of rotatable bonds is 2. The third-order valence-corrected chi connectivity index (χ3v) is 3.63. The zero-order valence-electron chi connectivity index (χ0n) is 11.3. The van der Waals surface area contributed by atoms with Crippen LogP contribution >= 0.6 is 0 Å². The van der Waals surface area contributed by atoms with E-state index in [1.807, 2.05) is 18.2 Å². The molecule has 1 aromatic heterocycles. The van der Waals surface area contributed by atoms with E-state index >= 15 is 0 Å². The van der Waals surface area contributed by atoms with Gasteiger partial charge in [0.15, 0.2) is 0 Å². The minimum atomic E-state index is 0.591. The third kappa shape index (κ3) is 2.30. The second-order valence-electron chi connectivity index (χ2n) is 4.82. The molecule has 4 heteroatoms. The van der Waals surface area contributed by atoms with E-state index in [0.29, 0.717) is 5.56 Å². The van der Waals surface area contributed by atoms with Crippen molar-refractivity contribution in [1.82, 2.24) is 4.98 Å². The highest BCUT2D eigenvalue weighted by Gasteiger charge is 2.17. The lowest BCUT2D eigenvalue weighted by Gasteiger charge is -2.30. The molecule has 0 fully saturated rings. The first kappa shape index (κ1) is 12.5. The lowest BCUT2D eigenvalue weighted by molar-refractivity contribution is 0.413. The second-order valence-corrected chi connectivity index (χ2v) is 4.82. The van der Waals surface area contributed by atoms with Crippen molar-refractivity contribution >= 4 is 5.82 Å². The molecule has 0 saturated heterocycles. The normalized spacial score (nSPS) is 13.5. The minimum absolute atomic E-state index is 0.591. The van der Waals surface area contributed by atoms with Gasteiger partial charge in [0.25, 0.3) is 0 Å². The number of pyridine rings is 1. The van der Waals surface area contributed by atoms with E-state index in [0.717, 1.165) is 31.1 Å². The van der Waals surface area contributed by atoms with Crippen LogP contribution in [0.5, 0.6) is 5.75 Å². The molecule has 1 aliphatic heterocycles. The van der Waals surface area contributed by atoms with Gasteiger partial charge in [-0.2, -0.15) is 5.26 Å². The number of hydrogen-bond acceptors (Lipinski definition) is 4. The van der Waals surface area contributed by atoms with E-state index in [2.05, 4.69) is 28.1 Å². The molecule has 0 amide bonds. The number of nitriles is 1. The summed E-state index contributed by atoms with van der Waals surface area (Å²) < 4.78 is 5.28. The molecule has 2 aromatic rings. The highest BCUT2D eigenvalue weighted by atomic mass is 16.5. The molecule has 100 valence electrons. The van der Waals surface area contributed by atoms with Gasteiger partial charge in [-0.15, -0.1) is 0 Å².